The van der Waals surface area contributed by atoms with Gasteiger partial charge in [-0.3, -0.25) is 0 Å². The molecule has 2 aliphatic heterocycles. The van der Waals surface area contributed by atoms with Gasteiger partial charge in [-0.1, -0.05) is 60.7 Å². The number of rotatable bonds is 9. The quantitative estimate of drug-likeness (QED) is 0.417. The monoisotopic (exact) mass is 462 g/mol. The lowest BCUT2D eigenvalue weighted by atomic mass is 10.0. The van der Waals surface area contributed by atoms with Crippen LogP contribution in [-0.4, -0.2) is 82.8 Å². The van der Waals surface area contributed by atoms with E-state index in [0.29, 0.717) is 0 Å². The zero-order valence-electron chi connectivity index (χ0n) is 18.1. The van der Waals surface area contributed by atoms with Crippen LogP contribution >= 0.6 is 0 Å². The Bertz CT molecular complexity index is 836. The molecule has 0 bridgehead atoms. The smallest absolute Gasteiger partial charge is 0.187 e. The molecule has 180 valence electrons. The molecule has 0 aromatic heterocycles. The zero-order valence-corrected chi connectivity index (χ0v) is 18.1. The predicted molar refractivity (Wildman–Crippen MR) is 115 cm³/mol. The minimum atomic E-state index is -1.38. The Balaban J connectivity index is 1.50. The largest absolute Gasteiger partial charge is 0.394 e. The van der Waals surface area contributed by atoms with E-state index in [2.05, 4.69) is 0 Å². The first-order valence-corrected chi connectivity index (χ1v) is 11.0. The first-order chi connectivity index (χ1) is 16.1. The van der Waals surface area contributed by atoms with Gasteiger partial charge in [0.05, 0.1) is 26.4 Å². The van der Waals surface area contributed by atoms with Gasteiger partial charge in [-0.2, -0.15) is 0 Å². The summed E-state index contributed by atoms with van der Waals surface area (Å²) in [5.74, 6) is 0. The molecule has 2 fully saturated rings. The molecule has 0 amide bonds. The summed E-state index contributed by atoms with van der Waals surface area (Å²) in [5.41, 5.74) is 1.83. The maximum absolute atomic E-state index is 10.5. The van der Waals surface area contributed by atoms with Crippen LogP contribution in [0.2, 0.25) is 0 Å². The maximum atomic E-state index is 10.5. The summed E-state index contributed by atoms with van der Waals surface area (Å²) >= 11 is 0. The minimum Gasteiger partial charge on any atom is -0.394 e. The number of hydrogen-bond acceptors (Lipinski definition) is 9. The molecule has 2 heterocycles. The summed E-state index contributed by atoms with van der Waals surface area (Å²) < 4.78 is 29.0. The molecule has 0 radical (unpaired) electrons. The predicted octanol–water partition coefficient (Wildman–Crippen LogP) is 0.330. The second kappa shape index (κ2) is 11.5. The normalized spacial score (nSPS) is 34.4. The fraction of sp³-hybridized carbons (Fsp3) is 0.500. The van der Waals surface area contributed by atoms with E-state index in [1.807, 2.05) is 60.7 Å². The van der Waals surface area contributed by atoms with E-state index < -0.39 is 55.8 Å². The molecule has 0 unspecified atom stereocenters. The van der Waals surface area contributed by atoms with Crippen molar-refractivity contribution in [2.24, 2.45) is 0 Å². The number of aliphatic hydroxyl groups excluding tert-OH is 4. The molecule has 2 saturated heterocycles. The summed E-state index contributed by atoms with van der Waals surface area (Å²) in [6.07, 6.45) is -8.71. The van der Waals surface area contributed by atoms with Gasteiger partial charge >= 0.3 is 0 Å². The van der Waals surface area contributed by atoms with Gasteiger partial charge in [0.25, 0.3) is 0 Å². The summed E-state index contributed by atoms with van der Waals surface area (Å²) in [6, 6.07) is 19.0. The number of benzene rings is 2. The summed E-state index contributed by atoms with van der Waals surface area (Å²) in [7, 11) is 0. The Morgan fingerprint density at radius 3 is 1.97 bits per heavy atom. The van der Waals surface area contributed by atoms with Crippen molar-refractivity contribution < 1.29 is 44.1 Å². The third-order valence-corrected chi connectivity index (χ3v) is 5.78. The van der Waals surface area contributed by atoms with Crippen molar-refractivity contribution in [2.75, 3.05) is 13.2 Å². The van der Waals surface area contributed by atoms with E-state index >= 15 is 0 Å². The summed E-state index contributed by atoms with van der Waals surface area (Å²) in [4.78, 5) is 0. The number of aliphatic hydroxyl groups is 4. The van der Waals surface area contributed by atoms with Crippen LogP contribution in [0.4, 0.5) is 0 Å². The second-order valence-corrected chi connectivity index (χ2v) is 8.13. The Morgan fingerprint density at radius 1 is 0.788 bits per heavy atom. The molecule has 4 rings (SSSR count). The molecule has 2 aromatic rings. The third kappa shape index (κ3) is 5.96. The summed E-state index contributed by atoms with van der Waals surface area (Å²) in [6.45, 7) is 0.00831. The van der Waals surface area contributed by atoms with E-state index in [-0.39, 0.29) is 19.8 Å². The fourth-order valence-electron chi connectivity index (χ4n) is 3.92. The average molecular weight is 462 g/mol. The van der Waals surface area contributed by atoms with Crippen LogP contribution < -0.4 is 0 Å². The van der Waals surface area contributed by atoms with E-state index in [4.69, 9.17) is 23.7 Å². The van der Waals surface area contributed by atoms with Crippen LogP contribution in [0, 0.1) is 0 Å². The van der Waals surface area contributed by atoms with Crippen molar-refractivity contribution >= 4 is 0 Å². The lowest BCUT2D eigenvalue weighted by molar-refractivity contribution is -0.315. The van der Waals surface area contributed by atoms with Gasteiger partial charge in [0.15, 0.2) is 12.6 Å². The van der Waals surface area contributed by atoms with Gasteiger partial charge < -0.3 is 44.1 Å². The molecule has 8 atom stereocenters. The lowest BCUT2D eigenvalue weighted by Crippen LogP contribution is -2.57. The SMILES string of the molecule is OC[C@@H]1O[C@@H](O[C@@H]2[C@@H](OCc3ccccc3)[C@H](O)OC[C@H]2OCc2ccccc2)[C@H](O)[C@H]1O. The van der Waals surface area contributed by atoms with E-state index in [0.717, 1.165) is 11.1 Å². The van der Waals surface area contributed by atoms with Gasteiger partial charge in [-0.05, 0) is 11.1 Å². The van der Waals surface area contributed by atoms with Crippen molar-refractivity contribution in [3.63, 3.8) is 0 Å². The molecule has 0 aliphatic carbocycles. The Hall–Kier alpha value is -1.92. The van der Waals surface area contributed by atoms with Crippen LogP contribution in [0.3, 0.4) is 0 Å². The van der Waals surface area contributed by atoms with Crippen LogP contribution in [0.15, 0.2) is 60.7 Å². The Kier molecular flexibility index (Phi) is 8.42. The Labute approximate surface area is 192 Å². The molecular weight excluding hydrogens is 432 g/mol. The van der Waals surface area contributed by atoms with E-state index in [1.54, 1.807) is 0 Å². The van der Waals surface area contributed by atoms with Gasteiger partial charge in [0.1, 0.15) is 36.6 Å². The molecule has 9 heteroatoms. The second-order valence-electron chi connectivity index (χ2n) is 8.13. The molecule has 33 heavy (non-hydrogen) atoms. The van der Waals surface area contributed by atoms with Crippen molar-refractivity contribution in [3.8, 4) is 0 Å². The molecule has 0 saturated carbocycles. The highest BCUT2D eigenvalue weighted by atomic mass is 16.7. The average Bonchev–Trinajstić information content (AvgIpc) is 3.12. The number of ether oxygens (including phenoxy) is 5. The minimum absolute atomic E-state index is 0.0264. The van der Waals surface area contributed by atoms with E-state index in [9.17, 15) is 20.4 Å². The third-order valence-electron chi connectivity index (χ3n) is 5.78. The standard InChI is InChI=1S/C24H30O9/c25-11-17-19(26)20(27)24(32-17)33-21-18(29-12-15-7-3-1-4-8-15)14-31-23(28)22(21)30-13-16-9-5-2-6-10-16/h1-10,17-28H,11-14H2/t17-,18+,19-,20+,21-,22+,23+,24-/m0/s1. The highest BCUT2D eigenvalue weighted by molar-refractivity contribution is 5.14. The lowest BCUT2D eigenvalue weighted by Gasteiger charge is -2.41. The highest BCUT2D eigenvalue weighted by Crippen LogP contribution is 2.30. The van der Waals surface area contributed by atoms with Crippen molar-refractivity contribution in [1.29, 1.82) is 0 Å². The fourth-order valence-corrected chi connectivity index (χ4v) is 3.92. The zero-order chi connectivity index (χ0) is 23.2. The molecular formula is C24H30O9. The molecule has 2 aliphatic rings. The van der Waals surface area contributed by atoms with Crippen molar-refractivity contribution in [1.82, 2.24) is 0 Å². The van der Waals surface area contributed by atoms with Gasteiger partial charge in [-0.25, -0.2) is 0 Å². The molecule has 2 aromatic carbocycles. The Morgan fingerprint density at radius 2 is 1.39 bits per heavy atom. The van der Waals surface area contributed by atoms with Crippen molar-refractivity contribution in [2.45, 2.75) is 62.4 Å². The molecule has 9 nitrogen and oxygen atoms in total. The first kappa shape index (κ1) is 24.2. The van der Waals surface area contributed by atoms with Crippen LogP contribution in [0.1, 0.15) is 11.1 Å². The highest BCUT2D eigenvalue weighted by Gasteiger charge is 2.49. The maximum Gasteiger partial charge on any atom is 0.187 e. The topological polar surface area (TPSA) is 127 Å². The number of hydrogen-bond donors (Lipinski definition) is 4. The van der Waals surface area contributed by atoms with Crippen LogP contribution in [0.5, 0.6) is 0 Å². The van der Waals surface area contributed by atoms with Crippen LogP contribution in [0.25, 0.3) is 0 Å². The van der Waals surface area contributed by atoms with Gasteiger partial charge in [0, 0.05) is 0 Å². The van der Waals surface area contributed by atoms with Crippen LogP contribution in [-0.2, 0) is 36.9 Å². The molecule has 4 N–H and O–H groups in total. The van der Waals surface area contributed by atoms with Gasteiger partial charge in [-0.15, -0.1) is 0 Å². The molecule has 0 spiro atoms. The first-order valence-electron chi connectivity index (χ1n) is 11.0. The van der Waals surface area contributed by atoms with E-state index in [1.165, 1.54) is 0 Å². The van der Waals surface area contributed by atoms with Gasteiger partial charge in [0.2, 0.25) is 0 Å². The summed E-state index contributed by atoms with van der Waals surface area (Å²) in [5, 5.41) is 40.4. The van der Waals surface area contributed by atoms with Crippen molar-refractivity contribution in [3.05, 3.63) is 71.8 Å².